The Morgan fingerprint density at radius 3 is 1.38 bits per heavy atom. The van der Waals surface area contributed by atoms with E-state index in [2.05, 4.69) is 10.9 Å². The van der Waals surface area contributed by atoms with Crippen LogP contribution in [0.25, 0.3) is 0 Å². The maximum Gasteiger partial charge on any atom is 0.209 e. The first kappa shape index (κ1) is 15.0. The number of halogens is 1. The molecule has 3 aromatic rings. The van der Waals surface area contributed by atoms with E-state index in [0.29, 0.717) is 0 Å². The van der Waals surface area contributed by atoms with Gasteiger partial charge in [-0.15, -0.1) is 0 Å². The average molecular weight is 337 g/mol. The van der Waals surface area contributed by atoms with Gasteiger partial charge in [0.15, 0.2) is 0 Å². The van der Waals surface area contributed by atoms with Crippen LogP contribution in [0.15, 0.2) is 91.0 Å². The molecule has 3 aromatic carbocycles. The number of para-hydroxylation sites is 2. The zero-order valence-electron chi connectivity index (χ0n) is 12.9. The molecular weight excluding hydrogens is 320 g/mol. The van der Waals surface area contributed by atoms with Crippen molar-refractivity contribution < 1.29 is 0 Å². The highest BCUT2D eigenvalue weighted by Gasteiger charge is 2.42. The molecule has 0 amide bonds. The van der Waals surface area contributed by atoms with Crippen LogP contribution < -0.4 is 21.1 Å². The van der Waals surface area contributed by atoms with Crippen LogP contribution in [0.5, 0.6) is 0 Å². The molecule has 120 valence electrons. The highest BCUT2D eigenvalue weighted by Crippen LogP contribution is 2.33. The lowest BCUT2D eigenvalue weighted by Gasteiger charge is -2.28. The van der Waals surface area contributed by atoms with Crippen molar-refractivity contribution in [1.29, 1.82) is 0 Å². The second-order valence-corrected chi connectivity index (χ2v) is 6.11. The molecule has 1 fully saturated rings. The maximum absolute atomic E-state index is 6.88. The number of anilines is 2. The first-order valence-electron chi connectivity index (χ1n) is 7.77. The van der Waals surface area contributed by atoms with Crippen molar-refractivity contribution in [2.75, 3.05) is 10.2 Å². The van der Waals surface area contributed by atoms with E-state index in [4.69, 9.17) is 11.6 Å². The van der Waals surface area contributed by atoms with Gasteiger partial charge in [-0.2, -0.15) is 21.1 Å². The number of hydrogen-bond donors (Lipinski definition) is 2. The monoisotopic (exact) mass is 336 g/mol. The molecule has 1 saturated heterocycles. The second kappa shape index (κ2) is 6.17. The fourth-order valence-corrected chi connectivity index (χ4v) is 3.00. The normalized spacial score (nSPS) is 16.4. The Kier molecular flexibility index (Phi) is 3.86. The molecule has 24 heavy (non-hydrogen) atoms. The standard InChI is InChI=1S/C19H17ClN4/c20-19(16-10-4-1-5-11-16)21-23(17-12-6-2-7-13-17)24(22-19)18-14-8-3-9-15-18/h1-15,21-22H. The van der Waals surface area contributed by atoms with Crippen LogP contribution in [0.3, 0.4) is 0 Å². The first-order valence-corrected chi connectivity index (χ1v) is 8.14. The molecule has 0 unspecified atom stereocenters. The molecule has 2 N–H and O–H groups in total. The summed E-state index contributed by atoms with van der Waals surface area (Å²) < 4.78 is 0. The first-order chi connectivity index (χ1) is 11.8. The van der Waals surface area contributed by atoms with Crippen molar-refractivity contribution in [3.8, 4) is 0 Å². The van der Waals surface area contributed by atoms with Crippen LogP contribution in [0.2, 0.25) is 0 Å². The number of alkyl halides is 1. The van der Waals surface area contributed by atoms with Gasteiger partial charge in [-0.3, -0.25) is 0 Å². The predicted octanol–water partition coefficient (Wildman–Crippen LogP) is 3.99. The zero-order chi connectivity index (χ0) is 16.4. The van der Waals surface area contributed by atoms with Gasteiger partial charge in [0.05, 0.1) is 11.4 Å². The van der Waals surface area contributed by atoms with Crippen LogP contribution in [0.1, 0.15) is 5.56 Å². The number of benzene rings is 3. The molecule has 0 aliphatic carbocycles. The van der Waals surface area contributed by atoms with Crippen molar-refractivity contribution in [2.45, 2.75) is 5.12 Å². The summed E-state index contributed by atoms with van der Waals surface area (Å²) in [5, 5.41) is 2.89. The predicted molar refractivity (Wildman–Crippen MR) is 98.1 cm³/mol. The second-order valence-electron chi connectivity index (χ2n) is 5.54. The molecule has 0 aromatic heterocycles. The third kappa shape index (κ3) is 2.71. The molecule has 4 rings (SSSR count). The molecule has 5 heteroatoms. The van der Waals surface area contributed by atoms with E-state index in [1.165, 1.54) is 0 Å². The fourth-order valence-electron chi connectivity index (χ4n) is 2.71. The van der Waals surface area contributed by atoms with Gasteiger partial charge in [0.2, 0.25) is 5.12 Å². The van der Waals surface area contributed by atoms with Crippen molar-refractivity contribution in [3.63, 3.8) is 0 Å². The summed E-state index contributed by atoms with van der Waals surface area (Å²) in [4.78, 5) is 0. The van der Waals surface area contributed by atoms with Crippen molar-refractivity contribution in [1.82, 2.24) is 10.9 Å². The average Bonchev–Trinajstić information content (AvgIpc) is 3.03. The summed E-state index contributed by atoms with van der Waals surface area (Å²) in [6.45, 7) is 0. The van der Waals surface area contributed by atoms with E-state index < -0.39 is 5.12 Å². The Labute approximate surface area is 146 Å². The lowest BCUT2D eigenvalue weighted by Crippen LogP contribution is -2.45. The molecule has 0 atom stereocenters. The number of nitrogens with zero attached hydrogens (tertiary/aromatic N) is 2. The maximum atomic E-state index is 6.88. The minimum absolute atomic E-state index is 0.936. The van der Waals surface area contributed by atoms with Gasteiger partial charge in [-0.1, -0.05) is 78.3 Å². The summed E-state index contributed by atoms with van der Waals surface area (Å²) in [5.41, 5.74) is 9.62. The van der Waals surface area contributed by atoms with Gasteiger partial charge in [-0.05, 0) is 24.3 Å². The van der Waals surface area contributed by atoms with E-state index in [1.54, 1.807) is 0 Å². The quantitative estimate of drug-likeness (QED) is 0.559. The minimum atomic E-state index is -0.938. The topological polar surface area (TPSA) is 30.5 Å². The minimum Gasteiger partial charge on any atom is -0.199 e. The van der Waals surface area contributed by atoms with Gasteiger partial charge < -0.3 is 0 Å². The van der Waals surface area contributed by atoms with Gasteiger partial charge in [-0.25, -0.2) is 0 Å². The molecule has 1 heterocycles. The van der Waals surface area contributed by atoms with Crippen molar-refractivity contribution in [3.05, 3.63) is 96.6 Å². The largest absolute Gasteiger partial charge is 0.209 e. The molecule has 1 aliphatic rings. The van der Waals surface area contributed by atoms with Crippen LogP contribution in [-0.4, -0.2) is 0 Å². The molecule has 1 aliphatic heterocycles. The van der Waals surface area contributed by atoms with Gasteiger partial charge in [0, 0.05) is 5.56 Å². The lowest BCUT2D eigenvalue weighted by atomic mass is 10.2. The summed E-state index contributed by atoms with van der Waals surface area (Å²) >= 11 is 6.88. The SMILES string of the molecule is ClC1(c2ccccc2)NN(c2ccccc2)N(c2ccccc2)N1. The zero-order valence-corrected chi connectivity index (χ0v) is 13.7. The number of hydrazine groups is 3. The van der Waals surface area contributed by atoms with Gasteiger partial charge in [0.25, 0.3) is 0 Å². The van der Waals surface area contributed by atoms with Crippen molar-refractivity contribution in [2.24, 2.45) is 0 Å². The van der Waals surface area contributed by atoms with Gasteiger partial charge >= 0.3 is 0 Å². The third-order valence-electron chi connectivity index (χ3n) is 3.89. The van der Waals surface area contributed by atoms with Crippen LogP contribution in [0, 0.1) is 0 Å². The van der Waals surface area contributed by atoms with E-state index >= 15 is 0 Å². The Morgan fingerprint density at radius 1 is 0.583 bits per heavy atom. The Balaban J connectivity index is 1.76. The summed E-state index contributed by atoms with van der Waals surface area (Å²) in [5.74, 6) is 0. The Morgan fingerprint density at radius 2 is 0.958 bits per heavy atom. The molecule has 0 saturated carbocycles. The van der Waals surface area contributed by atoms with E-state index in [9.17, 15) is 0 Å². The smallest absolute Gasteiger partial charge is 0.199 e. The molecular formula is C19H17ClN4. The third-order valence-corrected chi connectivity index (χ3v) is 4.28. The van der Waals surface area contributed by atoms with E-state index in [1.807, 2.05) is 101 Å². The molecule has 0 bridgehead atoms. The highest BCUT2D eigenvalue weighted by molar-refractivity contribution is 6.23. The van der Waals surface area contributed by atoms with Crippen LogP contribution >= 0.6 is 11.6 Å². The summed E-state index contributed by atoms with van der Waals surface area (Å²) in [7, 11) is 0. The van der Waals surface area contributed by atoms with E-state index in [0.717, 1.165) is 16.9 Å². The lowest BCUT2D eigenvalue weighted by molar-refractivity contribution is 0.499. The number of nitrogens with one attached hydrogen (secondary N) is 2. The number of hydrogen-bond acceptors (Lipinski definition) is 4. The van der Waals surface area contributed by atoms with E-state index in [-0.39, 0.29) is 0 Å². The fraction of sp³-hybridized carbons (Fsp3) is 0.0526. The summed E-state index contributed by atoms with van der Waals surface area (Å²) in [6.07, 6.45) is 0. The Hall–Kier alpha value is -2.53. The van der Waals surface area contributed by atoms with Crippen molar-refractivity contribution >= 4 is 23.0 Å². The Bertz CT molecular complexity index is 748. The molecule has 4 nitrogen and oxygen atoms in total. The highest BCUT2D eigenvalue weighted by atomic mass is 35.5. The number of rotatable bonds is 3. The molecule has 0 radical (unpaired) electrons. The molecule has 0 spiro atoms. The van der Waals surface area contributed by atoms with Crippen LogP contribution in [0.4, 0.5) is 11.4 Å². The summed E-state index contributed by atoms with van der Waals surface area (Å²) in [6, 6.07) is 30.0. The van der Waals surface area contributed by atoms with Crippen LogP contribution in [-0.2, 0) is 5.12 Å². The van der Waals surface area contributed by atoms with Gasteiger partial charge in [0.1, 0.15) is 0 Å².